The molecule has 0 amide bonds. The van der Waals surface area contributed by atoms with Gasteiger partial charge in [0.1, 0.15) is 5.82 Å². The zero-order chi connectivity index (χ0) is 22.1. The molecule has 0 spiro atoms. The summed E-state index contributed by atoms with van der Waals surface area (Å²) in [7, 11) is 3.66. The van der Waals surface area contributed by atoms with E-state index in [4.69, 9.17) is 0 Å². The van der Waals surface area contributed by atoms with Gasteiger partial charge in [-0.2, -0.15) is 13.2 Å². The Labute approximate surface area is 173 Å². The summed E-state index contributed by atoms with van der Waals surface area (Å²) in [6.07, 6.45) is -1.12. The number of hydrogen-bond donors (Lipinski definition) is 3. The van der Waals surface area contributed by atoms with Crippen LogP contribution in [0.2, 0.25) is 0 Å². The van der Waals surface area contributed by atoms with E-state index in [-0.39, 0.29) is 18.6 Å². The van der Waals surface area contributed by atoms with Crippen LogP contribution in [0.3, 0.4) is 0 Å². The molecule has 1 aliphatic rings. The van der Waals surface area contributed by atoms with E-state index in [0.717, 1.165) is 18.7 Å². The van der Waals surface area contributed by atoms with Crippen LogP contribution in [0.15, 0.2) is 18.5 Å². The highest BCUT2D eigenvalue weighted by atomic mass is 19.4. The summed E-state index contributed by atoms with van der Waals surface area (Å²) in [6.45, 7) is 4.36. The Bertz CT molecular complexity index is 889. The van der Waals surface area contributed by atoms with Gasteiger partial charge in [-0.05, 0) is 12.0 Å². The summed E-state index contributed by atoms with van der Waals surface area (Å²) >= 11 is 0. The Morgan fingerprint density at radius 1 is 1.30 bits per heavy atom. The van der Waals surface area contributed by atoms with E-state index in [2.05, 4.69) is 25.6 Å². The molecule has 7 nitrogen and oxygen atoms in total. The first kappa shape index (κ1) is 22.1. The van der Waals surface area contributed by atoms with Crippen LogP contribution in [0.25, 0.3) is 0 Å². The maximum atomic E-state index is 13.2. The van der Waals surface area contributed by atoms with Crippen molar-refractivity contribution >= 4 is 17.5 Å². The molecule has 0 saturated carbocycles. The zero-order valence-corrected chi connectivity index (χ0v) is 17.5. The minimum absolute atomic E-state index is 0.0736. The van der Waals surface area contributed by atoms with E-state index in [1.807, 2.05) is 32.8 Å². The van der Waals surface area contributed by atoms with E-state index in [1.54, 1.807) is 6.20 Å². The molecule has 0 aromatic carbocycles. The molecule has 10 heteroatoms. The van der Waals surface area contributed by atoms with Crippen LogP contribution < -0.4 is 15.5 Å². The number of pyridine rings is 1. The maximum absolute atomic E-state index is 13.2. The second-order valence-electron chi connectivity index (χ2n) is 7.77. The average Bonchev–Trinajstić information content (AvgIpc) is 3.13. The molecule has 2 unspecified atom stereocenters. The minimum Gasteiger partial charge on any atom is -0.394 e. The monoisotopic (exact) mass is 424 g/mol. The number of alkyl halides is 3. The number of hydrogen-bond acceptors (Lipinski definition) is 7. The molecule has 164 valence electrons. The van der Waals surface area contributed by atoms with Crippen molar-refractivity contribution in [3.05, 3.63) is 35.3 Å². The number of aliphatic hydroxyl groups is 1. The molecule has 2 aromatic rings. The number of nitrogens with one attached hydrogen (secondary N) is 2. The van der Waals surface area contributed by atoms with Gasteiger partial charge in [0.05, 0.1) is 35.8 Å². The van der Waals surface area contributed by atoms with E-state index in [0.29, 0.717) is 35.3 Å². The smallest absolute Gasteiger partial charge is 0.394 e. The Kier molecular flexibility index (Phi) is 6.35. The van der Waals surface area contributed by atoms with E-state index < -0.39 is 17.7 Å². The molecule has 3 N–H and O–H groups in total. The highest BCUT2D eigenvalue weighted by molar-refractivity contribution is 5.62. The first-order chi connectivity index (χ1) is 14.2. The third-order valence-electron chi connectivity index (χ3n) is 5.55. The van der Waals surface area contributed by atoms with Gasteiger partial charge in [0.25, 0.3) is 0 Å². The van der Waals surface area contributed by atoms with Crippen LogP contribution in [0.4, 0.5) is 30.6 Å². The number of nitrogens with zero attached hydrogens (tertiary/aromatic N) is 4. The fraction of sp³-hybridized carbons (Fsp3) is 0.550. The fourth-order valence-corrected chi connectivity index (χ4v) is 3.48. The van der Waals surface area contributed by atoms with Crippen molar-refractivity contribution in [1.82, 2.24) is 15.0 Å². The van der Waals surface area contributed by atoms with Crippen LogP contribution in [-0.4, -0.2) is 53.3 Å². The van der Waals surface area contributed by atoms with Gasteiger partial charge in [-0.25, -0.2) is 15.0 Å². The van der Waals surface area contributed by atoms with Gasteiger partial charge >= 0.3 is 6.18 Å². The number of halogens is 3. The summed E-state index contributed by atoms with van der Waals surface area (Å²) in [6, 6.07) is 0.915. The zero-order valence-electron chi connectivity index (χ0n) is 17.5. The summed E-state index contributed by atoms with van der Waals surface area (Å²) in [5.74, 6) is 0.553. The Balaban J connectivity index is 2.02. The van der Waals surface area contributed by atoms with Gasteiger partial charge in [-0.15, -0.1) is 0 Å². The van der Waals surface area contributed by atoms with Crippen LogP contribution >= 0.6 is 0 Å². The molecule has 3 atom stereocenters. The highest BCUT2D eigenvalue weighted by Gasteiger charge is 2.36. The second-order valence-corrected chi connectivity index (χ2v) is 7.77. The second kappa shape index (κ2) is 8.63. The van der Waals surface area contributed by atoms with Crippen LogP contribution in [0.5, 0.6) is 0 Å². The maximum Gasteiger partial charge on any atom is 0.417 e. The summed E-state index contributed by atoms with van der Waals surface area (Å²) in [5, 5.41) is 15.9. The van der Waals surface area contributed by atoms with Crippen molar-refractivity contribution in [3.63, 3.8) is 0 Å². The van der Waals surface area contributed by atoms with Gasteiger partial charge in [0.15, 0.2) is 0 Å². The van der Waals surface area contributed by atoms with Crippen molar-refractivity contribution in [2.24, 2.45) is 5.92 Å². The first-order valence-corrected chi connectivity index (χ1v) is 9.88. The Hall–Kier alpha value is -2.62. The normalized spacial score (nSPS) is 17.8. The van der Waals surface area contributed by atoms with Crippen LogP contribution in [0.1, 0.15) is 43.0 Å². The van der Waals surface area contributed by atoms with Gasteiger partial charge < -0.3 is 20.6 Å². The van der Waals surface area contributed by atoms with Crippen molar-refractivity contribution < 1.29 is 18.3 Å². The van der Waals surface area contributed by atoms with Crippen molar-refractivity contribution in [2.45, 2.75) is 38.4 Å². The Morgan fingerprint density at radius 2 is 2.03 bits per heavy atom. The molecule has 1 aliphatic heterocycles. The highest BCUT2D eigenvalue weighted by Crippen LogP contribution is 2.40. The average molecular weight is 424 g/mol. The third-order valence-corrected chi connectivity index (χ3v) is 5.55. The first-order valence-electron chi connectivity index (χ1n) is 9.88. The molecule has 0 radical (unpaired) electrons. The summed E-state index contributed by atoms with van der Waals surface area (Å²) in [4.78, 5) is 14.8. The number of aliphatic hydroxyl groups excluding tert-OH is 1. The minimum atomic E-state index is -4.47. The number of anilines is 3. The Morgan fingerprint density at radius 3 is 2.63 bits per heavy atom. The summed E-state index contributed by atoms with van der Waals surface area (Å²) in [5.41, 5.74) is 0.983. The standard InChI is InChI=1S/C20H27F3N6O/c1-5-11(2)15(10-30)27-19-26-9-16(29(3)4)17(28-19)14-8-25-18-13(14)6-12(7-24-18)20(21,22)23/h6-7,9,11,14-15,30H,5,8,10H2,1-4H3,(H,24,25)(H,26,27,28)/t11?,14?,15-/m1/s1. The van der Waals surface area contributed by atoms with Gasteiger partial charge in [-0.1, -0.05) is 20.3 Å². The molecule has 0 aliphatic carbocycles. The third kappa shape index (κ3) is 4.43. The van der Waals surface area contributed by atoms with Gasteiger partial charge in [0.2, 0.25) is 5.95 Å². The quantitative estimate of drug-likeness (QED) is 0.629. The van der Waals surface area contributed by atoms with E-state index in [9.17, 15) is 18.3 Å². The molecular formula is C20H27F3N6O. The topological polar surface area (TPSA) is 86.2 Å². The van der Waals surface area contributed by atoms with E-state index >= 15 is 0 Å². The van der Waals surface area contributed by atoms with Crippen molar-refractivity contribution in [2.75, 3.05) is 42.8 Å². The fourth-order valence-electron chi connectivity index (χ4n) is 3.48. The molecule has 3 heterocycles. The number of aromatic nitrogens is 3. The van der Waals surface area contributed by atoms with Crippen molar-refractivity contribution in [1.29, 1.82) is 0 Å². The molecule has 0 bridgehead atoms. The molecular weight excluding hydrogens is 397 g/mol. The lowest BCUT2D eigenvalue weighted by atomic mass is 9.96. The molecule has 30 heavy (non-hydrogen) atoms. The predicted molar refractivity (Wildman–Crippen MR) is 110 cm³/mol. The van der Waals surface area contributed by atoms with Gasteiger partial charge in [-0.3, -0.25) is 0 Å². The van der Waals surface area contributed by atoms with E-state index in [1.165, 1.54) is 0 Å². The lowest BCUT2D eigenvalue weighted by molar-refractivity contribution is -0.137. The molecule has 0 saturated heterocycles. The lowest BCUT2D eigenvalue weighted by Crippen LogP contribution is -2.32. The van der Waals surface area contributed by atoms with Crippen LogP contribution in [0, 0.1) is 5.92 Å². The summed E-state index contributed by atoms with van der Waals surface area (Å²) < 4.78 is 39.7. The number of rotatable bonds is 7. The number of fused-ring (bicyclic) bond motifs is 1. The SMILES string of the molecule is CCC(C)[C@@H](CO)Nc1ncc(N(C)C)c(C2CNc3ncc(C(F)(F)F)cc32)n1. The molecule has 2 aromatic heterocycles. The molecule has 0 fully saturated rings. The molecule has 3 rings (SSSR count). The lowest BCUT2D eigenvalue weighted by Gasteiger charge is -2.24. The predicted octanol–water partition coefficient (Wildman–Crippen LogP) is 3.33. The van der Waals surface area contributed by atoms with Gasteiger partial charge in [0, 0.05) is 38.3 Å². The largest absolute Gasteiger partial charge is 0.417 e. The van der Waals surface area contributed by atoms with Crippen molar-refractivity contribution in [3.8, 4) is 0 Å². The van der Waals surface area contributed by atoms with Crippen LogP contribution in [-0.2, 0) is 6.18 Å².